The Morgan fingerprint density at radius 3 is 3.00 bits per heavy atom. The van der Waals surface area contributed by atoms with Crippen LogP contribution in [0.15, 0.2) is 17.3 Å². The van der Waals surface area contributed by atoms with Crippen LogP contribution in [0.4, 0.5) is 0 Å². The molecule has 0 saturated heterocycles. The van der Waals surface area contributed by atoms with Gasteiger partial charge in [0.25, 0.3) is 10.0 Å². The molecule has 2 unspecified atom stereocenters. The number of aromatic amines is 1. The molecule has 1 saturated carbocycles. The van der Waals surface area contributed by atoms with Crippen molar-refractivity contribution in [2.75, 3.05) is 6.54 Å². The van der Waals surface area contributed by atoms with E-state index in [4.69, 9.17) is 0 Å². The van der Waals surface area contributed by atoms with Gasteiger partial charge in [-0.05, 0) is 30.7 Å². The van der Waals surface area contributed by atoms with Crippen LogP contribution in [0.25, 0.3) is 0 Å². The zero-order valence-corrected chi connectivity index (χ0v) is 10.8. The molecule has 5 nitrogen and oxygen atoms in total. The van der Waals surface area contributed by atoms with E-state index in [1.54, 1.807) is 0 Å². The van der Waals surface area contributed by atoms with Crippen LogP contribution in [0, 0.1) is 11.8 Å². The van der Waals surface area contributed by atoms with E-state index in [1.165, 1.54) is 25.1 Å². The third kappa shape index (κ3) is 3.29. The van der Waals surface area contributed by atoms with E-state index in [-0.39, 0.29) is 5.03 Å². The molecule has 0 aromatic carbocycles. The van der Waals surface area contributed by atoms with Gasteiger partial charge in [-0.15, -0.1) is 0 Å². The van der Waals surface area contributed by atoms with Crippen LogP contribution in [0.2, 0.25) is 0 Å². The maximum Gasteiger partial charge on any atom is 0.257 e. The van der Waals surface area contributed by atoms with E-state index in [9.17, 15) is 8.42 Å². The Morgan fingerprint density at radius 1 is 1.53 bits per heavy atom. The molecule has 0 amide bonds. The lowest BCUT2D eigenvalue weighted by Crippen LogP contribution is -2.31. The van der Waals surface area contributed by atoms with Crippen LogP contribution in [-0.4, -0.2) is 25.2 Å². The molecule has 2 N–H and O–H groups in total. The Kier molecular flexibility index (Phi) is 3.83. The molecule has 0 bridgehead atoms. The highest BCUT2D eigenvalue weighted by atomic mass is 32.2. The number of aromatic nitrogens is 2. The standard InChI is InChI=1S/C11H19N3O2S/c1-9-3-2-4-10(7-9)8-13-17(15,16)11-5-6-12-14-11/h5-6,9-10,13H,2-4,7-8H2,1H3,(H,12,14). The molecule has 1 aliphatic rings. The summed E-state index contributed by atoms with van der Waals surface area (Å²) in [5, 5.41) is 6.26. The van der Waals surface area contributed by atoms with Gasteiger partial charge >= 0.3 is 0 Å². The first-order valence-electron chi connectivity index (χ1n) is 6.07. The van der Waals surface area contributed by atoms with Crippen molar-refractivity contribution in [3.63, 3.8) is 0 Å². The van der Waals surface area contributed by atoms with Crippen molar-refractivity contribution in [3.8, 4) is 0 Å². The number of nitrogens with zero attached hydrogens (tertiary/aromatic N) is 1. The van der Waals surface area contributed by atoms with E-state index in [2.05, 4.69) is 21.8 Å². The largest absolute Gasteiger partial charge is 0.266 e. The molecule has 0 spiro atoms. The third-order valence-corrected chi connectivity index (χ3v) is 4.72. The zero-order valence-electron chi connectivity index (χ0n) is 10.0. The van der Waals surface area contributed by atoms with E-state index in [1.807, 2.05) is 0 Å². The average molecular weight is 257 g/mol. The monoisotopic (exact) mass is 257 g/mol. The summed E-state index contributed by atoms with van der Waals surface area (Å²) in [4.78, 5) is 0. The molecule has 17 heavy (non-hydrogen) atoms. The van der Waals surface area contributed by atoms with E-state index in [0.717, 1.165) is 12.8 Å². The molecule has 0 radical (unpaired) electrons. The summed E-state index contributed by atoms with van der Waals surface area (Å²) < 4.78 is 26.3. The number of nitrogens with one attached hydrogen (secondary N) is 2. The van der Waals surface area contributed by atoms with Gasteiger partial charge in [0.2, 0.25) is 0 Å². The first-order valence-corrected chi connectivity index (χ1v) is 7.55. The minimum atomic E-state index is -3.40. The van der Waals surface area contributed by atoms with Crippen LogP contribution in [-0.2, 0) is 10.0 Å². The van der Waals surface area contributed by atoms with Gasteiger partial charge in [-0.3, -0.25) is 5.10 Å². The second kappa shape index (κ2) is 5.18. The first kappa shape index (κ1) is 12.6. The van der Waals surface area contributed by atoms with Gasteiger partial charge < -0.3 is 0 Å². The molecule has 96 valence electrons. The highest BCUT2D eigenvalue weighted by molar-refractivity contribution is 7.89. The van der Waals surface area contributed by atoms with Crippen LogP contribution < -0.4 is 4.72 Å². The van der Waals surface area contributed by atoms with Crippen molar-refractivity contribution in [1.82, 2.24) is 14.9 Å². The van der Waals surface area contributed by atoms with Gasteiger partial charge in [0, 0.05) is 6.54 Å². The molecular weight excluding hydrogens is 238 g/mol. The minimum absolute atomic E-state index is 0.140. The van der Waals surface area contributed by atoms with Gasteiger partial charge in [-0.25, -0.2) is 13.1 Å². The number of hydrogen-bond acceptors (Lipinski definition) is 3. The van der Waals surface area contributed by atoms with Gasteiger partial charge in [-0.1, -0.05) is 19.8 Å². The quantitative estimate of drug-likeness (QED) is 0.858. The molecule has 2 rings (SSSR count). The van der Waals surface area contributed by atoms with Crippen molar-refractivity contribution in [2.45, 2.75) is 37.6 Å². The molecule has 1 fully saturated rings. The Balaban J connectivity index is 1.89. The molecule has 1 aromatic heterocycles. The Morgan fingerprint density at radius 2 is 2.35 bits per heavy atom. The molecule has 1 heterocycles. The number of hydrogen-bond donors (Lipinski definition) is 2. The summed E-state index contributed by atoms with van der Waals surface area (Å²) in [6.07, 6.45) is 6.15. The lowest BCUT2D eigenvalue weighted by molar-refractivity contribution is 0.283. The van der Waals surface area contributed by atoms with Crippen LogP contribution >= 0.6 is 0 Å². The SMILES string of the molecule is CC1CCCC(CNS(=O)(=O)c2ccn[nH]2)C1. The molecule has 1 aliphatic carbocycles. The fourth-order valence-electron chi connectivity index (χ4n) is 2.44. The van der Waals surface area contributed by atoms with Crippen molar-refractivity contribution in [2.24, 2.45) is 11.8 Å². The maximum absolute atomic E-state index is 11.8. The summed E-state index contributed by atoms with van der Waals surface area (Å²) in [5.41, 5.74) is 0. The predicted molar refractivity (Wildman–Crippen MR) is 64.9 cm³/mol. The molecular formula is C11H19N3O2S. The predicted octanol–water partition coefficient (Wildman–Crippen LogP) is 1.51. The maximum atomic E-state index is 11.8. The summed E-state index contributed by atoms with van der Waals surface area (Å²) in [6, 6.07) is 1.46. The van der Waals surface area contributed by atoms with Gasteiger partial charge in [0.1, 0.15) is 0 Å². The summed E-state index contributed by atoms with van der Waals surface area (Å²) in [7, 11) is -3.40. The average Bonchev–Trinajstić information content (AvgIpc) is 2.81. The first-order chi connectivity index (χ1) is 8.08. The summed E-state index contributed by atoms with van der Waals surface area (Å²) in [6.45, 7) is 2.77. The topological polar surface area (TPSA) is 74.8 Å². The lowest BCUT2D eigenvalue weighted by Gasteiger charge is -2.26. The van der Waals surface area contributed by atoms with Gasteiger partial charge in [-0.2, -0.15) is 5.10 Å². The second-order valence-electron chi connectivity index (χ2n) is 4.91. The highest BCUT2D eigenvalue weighted by Gasteiger charge is 2.22. The summed E-state index contributed by atoms with van der Waals surface area (Å²) >= 11 is 0. The van der Waals surface area contributed by atoms with Crippen molar-refractivity contribution in [3.05, 3.63) is 12.3 Å². The fraction of sp³-hybridized carbons (Fsp3) is 0.727. The Bertz CT molecular complexity index is 441. The van der Waals surface area contributed by atoms with E-state index in [0.29, 0.717) is 18.4 Å². The van der Waals surface area contributed by atoms with E-state index >= 15 is 0 Å². The van der Waals surface area contributed by atoms with Gasteiger partial charge in [0.05, 0.1) is 6.20 Å². The molecule has 6 heteroatoms. The van der Waals surface area contributed by atoms with Crippen molar-refractivity contribution < 1.29 is 8.42 Å². The van der Waals surface area contributed by atoms with Crippen molar-refractivity contribution >= 4 is 10.0 Å². The molecule has 0 aliphatic heterocycles. The fourth-order valence-corrected chi connectivity index (χ4v) is 3.47. The summed E-state index contributed by atoms with van der Waals surface area (Å²) in [5.74, 6) is 1.18. The molecule has 1 aromatic rings. The Hall–Kier alpha value is -0.880. The second-order valence-corrected chi connectivity index (χ2v) is 6.65. The third-order valence-electron chi connectivity index (χ3n) is 3.37. The number of sulfonamides is 1. The normalized spacial score (nSPS) is 25.9. The lowest BCUT2D eigenvalue weighted by atomic mass is 9.83. The minimum Gasteiger partial charge on any atom is -0.266 e. The molecule has 2 atom stereocenters. The van der Waals surface area contributed by atoms with Crippen LogP contribution in [0.5, 0.6) is 0 Å². The van der Waals surface area contributed by atoms with Crippen molar-refractivity contribution in [1.29, 1.82) is 0 Å². The van der Waals surface area contributed by atoms with Crippen LogP contribution in [0.1, 0.15) is 32.6 Å². The van der Waals surface area contributed by atoms with Gasteiger partial charge in [0.15, 0.2) is 5.03 Å². The smallest absolute Gasteiger partial charge is 0.257 e. The zero-order chi connectivity index (χ0) is 12.3. The number of rotatable bonds is 4. The van der Waals surface area contributed by atoms with Crippen LogP contribution in [0.3, 0.4) is 0 Å². The van der Waals surface area contributed by atoms with E-state index < -0.39 is 10.0 Å². The number of H-pyrrole nitrogens is 1. The highest BCUT2D eigenvalue weighted by Crippen LogP contribution is 2.28. The Labute approximate surface area is 102 Å².